The van der Waals surface area contributed by atoms with Crippen molar-refractivity contribution in [1.29, 1.82) is 0 Å². The van der Waals surface area contributed by atoms with Gasteiger partial charge in [-0.05, 0) is 56.0 Å². The zero-order valence-corrected chi connectivity index (χ0v) is 16.2. The summed E-state index contributed by atoms with van der Waals surface area (Å²) in [6.45, 7) is 10.1. The SMILES string of the molecule is CCc1ccc(Cl)c(CC)c1NC(=O)c1ccc(N(CC)CC)nc1. The zero-order valence-electron chi connectivity index (χ0n) is 15.4. The van der Waals surface area contributed by atoms with E-state index in [0.29, 0.717) is 10.6 Å². The van der Waals surface area contributed by atoms with Crippen molar-refractivity contribution < 1.29 is 4.79 Å². The highest BCUT2D eigenvalue weighted by molar-refractivity contribution is 6.32. The van der Waals surface area contributed by atoms with Gasteiger partial charge in [0.1, 0.15) is 5.82 Å². The molecule has 0 aliphatic carbocycles. The minimum atomic E-state index is -0.162. The number of carbonyl (C=O) groups is 1. The topological polar surface area (TPSA) is 45.2 Å². The van der Waals surface area contributed by atoms with Gasteiger partial charge in [0, 0.05) is 30.0 Å². The summed E-state index contributed by atoms with van der Waals surface area (Å²) in [5.41, 5.74) is 3.43. The minimum absolute atomic E-state index is 0.162. The van der Waals surface area contributed by atoms with Gasteiger partial charge in [-0.15, -0.1) is 0 Å². The second kappa shape index (κ2) is 8.86. The summed E-state index contributed by atoms with van der Waals surface area (Å²) in [5, 5.41) is 3.72. The molecule has 1 N–H and O–H groups in total. The molecule has 4 nitrogen and oxygen atoms in total. The van der Waals surface area contributed by atoms with Crippen LogP contribution in [0, 0.1) is 0 Å². The molecule has 25 heavy (non-hydrogen) atoms. The lowest BCUT2D eigenvalue weighted by Crippen LogP contribution is -2.23. The fourth-order valence-electron chi connectivity index (χ4n) is 2.91. The number of hydrogen-bond donors (Lipinski definition) is 1. The van der Waals surface area contributed by atoms with E-state index < -0.39 is 0 Å². The van der Waals surface area contributed by atoms with Crippen molar-refractivity contribution in [1.82, 2.24) is 4.98 Å². The summed E-state index contributed by atoms with van der Waals surface area (Å²) in [6.07, 6.45) is 3.23. The minimum Gasteiger partial charge on any atom is -0.357 e. The molecule has 2 rings (SSSR count). The summed E-state index contributed by atoms with van der Waals surface area (Å²) in [4.78, 5) is 19.2. The van der Waals surface area contributed by atoms with Crippen LogP contribution in [0.2, 0.25) is 5.02 Å². The van der Waals surface area contributed by atoms with Gasteiger partial charge in [-0.2, -0.15) is 0 Å². The van der Waals surface area contributed by atoms with Crippen molar-refractivity contribution in [2.24, 2.45) is 0 Å². The highest BCUT2D eigenvalue weighted by Gasteiger charge is 2.15. The first kappa shape index (κ1) is 19.3. The number of amides is 1. The maximum Gasteiger partial charge on any atom is 0.257 e. The molecule has 0 aliphatic rings. The number of nitrogens with one attached hydrogen (secondary N) is 1. The Labute approximate surface area is 155 Å². The van der Waals surface area contributed by atoms with E-state index in [9.17, 15) is 4.79 Å². The molecule has 1 heterocycles. The van der Waals surface area contributed by atoms with Crippen LogP contribution in [0.5, 0.6) is 0 Å². The smallest absolute Gasteiger partial charge is 0.257 e. The molecule has 0 saturated carbocycles. The average Bonchev–Trinajstić information content (AvgIpc) is 2.63. The summed E-state index contributed by atoms with van der Waals surface area (Å²) in [6, 6.07) is 7.58. The number of benzene rings is 1. The fraction of sp³-hybridized carbons (Fsp3) is 0.400. The lowest BCUT2D eigenvalue weighted by Gasteiger charge is -2.20. The van der Waals surface area contributed by atoms with Gasteiger partial charge in [-0.1, -0.05) is 31.5 Å². The Morgan fingerprint density at radius 1 is 1.08 bits per heavy atom. The highest BCUT2D eigenvalue weighted by Crippen LogP contribution is 2.30. The third kappa shape index (κ3) is 4.31. The number of anilines is 2. The number of nitrogens with zero attached hydrogens (tertiary/aromatic N) is 2. The van der Waals surface area contributed by atoms with E-state index in [1.807, 2.05) is 31.2 Å². The summed E-state index contributed by atoms with van der Waals surface area (Å²) >= 11 is 6.31. The Morgan fingerprint density at radius 3 is 2.32 bits per heavy atom. The number of rotatable bonds is 7. The molecule has 0 bridgehead atoms. The Kier molecular flexibility index (Phi) is 6.82. The quantitative estimate of drug-likeness (QED) is 0.760. The zero-order chi connectivity index (χ0) is 18.4. The van der Waals surface area contributed by atoms with Gasteiger partial charge >= 0.3 is 0 Å². The highest BCUT2D eigenvalue weighted by atomic mass is 35.5. The van der Waals surface area contributed by atoms with E-state index in [0.717, 1.165) is 48.6 Å². The molecule has 0 aliphatic heterocycles. The molecular formula is C20H26ClN3O. The molecule has 0 fully saturated rings. The van der Waals surface area contributed by atoms with Crippen molar-refractivity contribution in [2.75, 3.05) is 23.3 Å². The van der Waals surface area contributed by atoms with E-state index in [1.54, 1.807) is 6.20 Å². The van der Waals surface area contributed by atoms with Crippen LogP contribution in [0.1, 0.15) is 49.2 Å². The third-order valence-electron chi connectivity index (χ3n) is 4.41. The van der Waals surface area contributed by atoms with E-state index in [2.05, 4.69) is 36.0 Å². The van der Waals surface area contributed by atoms with Gasteiger partial charge in [0.25, 0.3) is 5.91 Å². The van der Waals surface area contributed by atoms with E-state index >= 15 is 0 Å². The van der Waals surface area contributed by atoms with Crippen LogP contribution < -0.4 is 10.2 Å². The number of carbonyl (C=O) groups excluding carboxylic acids is 1. The van der Waals surface area contributed by atoms with Crippen LogP contribution in [0.3, 0.4) is 0 Å². The standard InChI is InChI=1S/C20H26ClN3O/c1-5-14-9-11-17(21)16(6-2)19(14)23-20(25)15-10-12-18(22-13-15)24(7-3)8-4/h9-13H,5-8H2,1-4H3,(H,23,25). The molecule has 1 aromatic carbocycles. The van der Waals surface area contributed by atoms with Gasteiger partial charge in [-0.3, -0.25) is 4.79 Å². The number of aryl methyl sites for hydroxylation is 1. The number of aromatic nitrogens is 1. The Morgan fingerprint density at radius 2 is 1.80 bits per heavy atom. The first-order valence-electron chi connectivity index (χ1n) is 8.88. The Balaban J connectivity index is 2.27. The maximum atomic E-state index is 12.7. The van der Waals surface area contributed by atoms with Gasteiger partial charge in [0.2, 0.25) is 0 Å². The lowest BCUT2D eigenvalue weighted by atomic mass is 10.0. The molecule has 0 spiro atoms. The molecule has 2 aromatic rings. The molecule has 0 radical (unpaired) electrons. The molecule has 0 atom stereocenters. The first-order chi connectivity index (χ1) is 12.0. The van der Waals surface area contributed by atoms with Gasteiger partial charge in [0.05, 0.1) is 5.56 Å². The van der Waals surface area contributed by atoms with Crippen molar-refractivity contribution in [3.8, 4) is 0 Å². The van der Waals surface area contributed by atoms with Gasteiger partial charge in [0.15, 0.2) is 0 Å². The van der Waals surface area contributed by atoms with Crippen molar-refractivity contribution in [2.45, 2.75) is 40.5 Å². The Bertz CT molecular complexity index is 724. The number of pyridine rings is 1. The second-order valence-corrected chi connectivity index (χ2v) is 6.21. The van der Waals surface area contributed by atoms with Crippen molar-refractivity contribution in [3.05, 3.63) is 52.2 Å². The second-order valence-electron chi connectivity index (χ2n) is 5.80. The summed E-state index contributed by atoms with van der Waals surface area (Å²) < 4.78 is 0. The monoisotopic (exact) mass is 359 g/mol. The van der Waals surface area contributed by atoms with E-state index in [4.69, 9.17) is 11.6 Å². The average molecular weight is 360 g/mol. The van der Waals surface area contributed by atoms with Crippen LogP contribution in [-0.4, -0.2) is 24.0 Å². The fourth-order valence-corrected chi connectivity index (χ4v) is 3.20. The predicted octanol–water partition coefficient (Wildman–Crippen LogP) is 4.96. The largest absolute Gasteiger partial charge is 0.357 e. The maximum absolute atomic E-state index is 12.7. The lowest BCUT2D eigenvalue weighted by molar-refractivity contribution is 0.102. The van der Waals surface area contributed by atoms with E-state index in [-0.39, 0.29) is 5.91 Å². The summed E-state index contributed by atoms with van der Waals surface area (Å²) in [7, 11) is 0. The summed E-state index contributed by atoms with van der Waals surface area (Å²) in [5.74, 6) is 0.720. The molecule has 0 unspecified atom stereocenters. The first-order valence-corrected chi connectivity index (χ1v) is 9.25. The number of halogens is 1. The molecule has 0 saturated heterocycles. The van der Waals surface area contributed by atoms with Crippen LogP contribution in [0.15, 0.2) is 30.5 Å². The van der Waals surface area contributed by atoms with Gasteiger partial charge < -0.3 is 10.2 Å². The molecule has 1 aromatic heterocycles. The third-order valence-corrected chi connectivity index (χ3v) is 4.77. The van der Waals surface area contributed by atoms with Crippen LogP contribution in [0.25, 0.3) is 0 Å². The van der Waals surface area contributed by atoms with Crippen LogP contribution >= 0.6 is 11.6 Å². The Hall–Kier alpha value is -2.07. The molecule has 5 heteroatoms. The molecule has 1 amide bonds. The molecule has 134 valence electrons. The number of hydrogen-bond acceptors (Lipinski definition) is 3. The predicted molar refractivity (Wildman–Crippen MR) is 106 cm³/mol. The van der Waals surface area contributed by atoms with Gasteiger partial charge in [-0.25, -0.2) is 4.98 Å². The van der Waals surface area contributed by atoms with Crippen LogP contribution in [0.4, 0.5) is 11.5 Å². The van der Waals surface area contributed by atoms with Crippen molar-refractivity contribution >= 4 is 29.0 Å². The van der Waals surface area contributed by atoms with E-state index in [1.165, 1.54) is 0 Å². The molecular weight excluding hydrogens is 334 g/mol. The normalized spacial score (nSPS) is 10.6. The van der Waals surface area contributed by atoms with Crippen LogP contribution in [-0.2, 0) is 12.8 Å². The van der Waals surface area contributed by atoms with Crippen molar-refractivity contribution in [3.63, 3.8) is 0 Å².